The molecule has 0 aliphatic rings. The number of nitrogens with zero attached hydrogens (tertiary/aromatic N) is 3. The number of rotatable bonds is 6. The Morgan fingerprint density at radius 2 is 1.92 bits per heavy atom. The Hall–Kier alpha value is -1.78. The molecule has 8 heteroatoms. The molecule has 0 unspecified atom stereocenters. The lowest BCUT2D eigenvalue weighted by atomic mass is 10.2. The third-order valence-corrected chi connectivity index (χ3v) is 5.52. The molecule has 0 saturated heterocycles. The highest BCUT2D eigenvalue weighted by molar-refractivity contribution is 14.1. The summed E-state index contributed by atoms with van der Waals surface area (Å²) in [6.07, 6.45) is 2.13. The fourth-order valence-electron chi connectivity index (χ4n) is 2.19. The Morgan fingerprint density at radius 1 is 1.16 bits per heavy atom. The van der Waals surface area contributed by atoms with Gasteiger partial charge >= 0.3 is 0 Å². The third-order valence-electron chi connectivity index (χ3n) is 3.52. The lowest BCUT2D eigenvalue weighted by molar-refractivity contribution is 0.321. The summed E-state index contributed by atoms with van der Waals surface area (Å²) in [5.74, 6) is 0. The van der Waals surface area contributed by atoms with E-state index in [-0.39, 0.29) is 11.5 Å². The number of aromatic nitrogens is 3. The van der Waals surface area contributed by atoms with Crippen molar-refractivity contribution in [2.24, 2.45) is 0 Å². The van der Waals surface area contributed by atoms with Crippen LogP contribution in [0.5, 0.6) is 0 Å². The van der Waals surface area contributed by atoms with Gasteiger partial charge in [0, 0.05) is 9.99 Å². The lowest BCUT2D eigenvalue weighted by Crippen LogP contribution is -2.09. The van der Waals surface area contributed by atoms with Gasteiger partial charge in [-0.2, -0.15) is 8.42 Å². The third kappa shape index (κ3) is 4.65. The van der Waals surface area contributed by atoms with Crippen LogP contribution in [-0.2, 0) is 20.7 Å². The first kappa shape index (κ1) is 18.0. The second-order valence-electron chi connectivity index (χ2n) is 5.47. The highest BCUT2D eigenvalue weighted by Gasteiger charge is 2.15. The van der Waals surface area contributed by atoms with E-state index in [1.807, 2.05) is 31.2 Å². The van der Waals surface area contributed by atoms with Crippen molar-refractivity contribution in [2.75, 3.05) is 6.61 Å². The Bertz CT molecular complexity index is 969. The molecule has 3 rings (SSSR count). The molecule has 25 heavy (non-hydrogen) atoms. The largest absolute Gasteiger partial charge is 0.296 e. The van der Waals surface area contributed by atoms with Gasteiger partial charge in [0.2, 0.25) is 0 Å². The molecule has 1 heterocycles. The molecular weight excluding hydrogens is 453 g/mol. The smallest absolute Gasteiger partial charge is 0.266 e. The van der Waals surface area contributed by atoms with E-state index in [4.69, 9.17) is 4.18 Å². The summed E-state index contributed by atoms with van der Waals surface area (Å²) in [4.78, 5) is 0.153. The summed E-state index contributed by atoms with van der Waals surface area (Å²) in [7, 11) is -3.75. The van der Waals surface area contributed by atoms with Crippen LogP contribution in [0.1, 0.15) is 11.3 Å². The number of hydrogen-bond acceptors (Lipinski definition) is 5. The molecule has 0 aliphatic carbocycles. The van der Waals surface area contributed by atoms with Gasteiger partial charge in [-0.25, -0.2) is 4.68 Å². The fraction of sp³-hybridized carbons (Fsp3) is 0.176. The molecule has 0 saturated carbocycles. The maximum absolute atomic E-state index is 12.1. The number of hydrogen-bond donors (Lipinski definition) is 0. The second kappa shape index (κ2) is 7.63. The average molecular weight is 469 g/mol. The van der Waals surface area contributed by atoms with Crippen molar-refractivity contribution in [1.82, 2.24) is 15.0 Å². The molecule has 0 amide bonds. The zero-order chi connectivity index (χ0) is 17.9. The number of halogens is 1. The van der Waals surface area contributed by atoms with E-state index in [2.05, 4.69) is 32.9 Å². The zero-order valence-electron chi connectivity index (χ0n) is 13.5. The number of aryl methyl sites for hydroxylation is 1. The van der Waals surface area contributed by atoms with Gasteiger partial charge < -0.3 is 0 Å². The van der Waals surface area contributed by atoms with Crippen LogP contribution in [0.25, 0.3) is 5.69 Å². The fourth-order valence-corrected chi connectivity index (χ4v) is 3.62. The van der Waals surface area contributed by atoms with Gasteiger partial charge in [0.1, 0.15) is 0 Å². The van der Waals surface area contributed by atoms with Crippen molar-refractivity contribution in [2.45, 2.75) is 18.2 Å². The first-order chi connectivity index (χ1) is 11.9. The van der Waals surface area contributed by atoms with Gasteiger partial charge in [-0.05, 0) is 59.8 Å². The molecule has 0 fully saturated rings. The van der Waals surface area contributed by atoms with E-state index in [0.29, 0.717) is 12.1 Å². The Kier molecular flexibility index (Phi) is 5.50. The maximum Gasteiger partial charge on any atom is 0.296 e. The van der Waals surface area contributed by atoms with Crippen LogP contribution in [0.2, 0.25) is 0 Å². The van der Waals surface area contributed by atoms with E-state index >= 15 is 0 Å². The molecule has 0 bridgehead atoms. The van der Waals surface area contributed by atoms with Crippen LogP contribution < -0.4 is 0 Å². The van der Waals surface area contributed by atoms with Gasteiger partial charge in [0.05, 0.1) is 29.1 Å². The van der Waals surface area contributed by atoms with Gasteiger partial charge in [-0.1, -0.05) is 29.0 Å². The van der Waals surface area contributed by atoms with Gasteiger partial charge in [-0.3, -0.25) is 4.18 Å². The van der Waals surface area contributed by atoms with Crippen LogP contribution in [0, 0.1) is 10.5 Å². The second-order valence-corrected chi connectivity index (χ2v) is 8.33. The first-order valence-corrected chi connectivity index (χ1v) is 10.1. The van der Waals surface area contributed by atoms with Crippen molar-refractivity contribution in [3.05, 3.63) is 69.6 Å². The summed E-state index contributed by atoms with van der Waals surface area (Å²) in [5.41, 5.74) is 2.56. The van der Waals surface area contributed by atoms with Crippen molar-refractivity contribution in [3.63, 3.8) is 0 Å². The molecule has 6 nitrogen and oxygen atoms in total. The molecule has 2 aromatic carbocycles. The van der Waals surface area contributed by atoms with Crippen molar-refractivity contribution >= 4 is 32.7 Å². The molecule has 0 atom stereocenters. The van der Waals surface area contributed by atoms with Crippen molar-refractivity contribution in [1.29, 1.82) is 0 Å². The minimum absolute atomic E-state index is 0.0151. The van der Waals surface area contributed by atoms with E-state index < -0.39 is 10.1 Å². The van der Waals surface area contributed by atoms with Crippen LogP contribution in [0.15, 0.2) is 59.6 Å². The molecule has 0 spiro atoms. The molecule has 3 aromatic rings. The zero-order valence-corrected chi connectivity index (χ0v) is 16.4. The van der Waals surface area contributed by atoms with Gasteiger partial charge in [0.15, 0.2) is 0 Å². The molecule has 0 N–H and O–H groups in total. The van der Waals surface area contributed by atoms with E-state index in [0.717, 1.165) is 14.8 Å². The Morgan fingerprint density at radius 3 is 2.64 bits per heavy atom. The normalized spacial score (nSPS) is 11.6. The van der Waals surface area contributed by atoms with E-state index in [9.17, 15) is 8.42 Å². The van der Waals surface area contributed by atoms with E-state index in [1.54, 1.807) is 23.0 Å². The Balaban J connectivity index is 1.62. The quantitative estimate of drug-likeness (QED) is 0.410. The summed E-state index contributed by atoms with van der Waals surface area (Å²) >= 11 is 2.23. The van der Waals surface area contributed by atoms with Gasteiger partial charge in [-0.15, -0.1) is 5.10 Å². The van der Waals surface area contributed by atoms with Crippen molar-refractivity contribution in [3.8, 4) is 5.69 Å². The molecule has 0 aliphatic heterocycles. The predicted octanol–water partition coefficient (Wildman–Crippen LogP) is 3.13. The van der Waals surface area contributed by atoms with Crippen LogP contribution >= 0.6 is 22.6 Å². The average Bonchev–Trinajstić information content (AvgIpc) is 3.04. The first-order valence-electron chi connectivity index (χ1n) is 7.57. The highest BCUT2D eigenvalue weighted by atomic mass is 127. The minimum atomic E-state index is -3.75. The minimum Gasteiger partial charge on any atom is -0.266 e. The lowest BCUT2D eigenvalue weighted by Gasteiger charge is -2.05. The summed E-state index contributed by atoms with van der Waals surface area (Å²) in [5, 5.41) is 8.13. The van der Waals surface area contributed by atoms with Crippen LogP contribution in [0.3, 0.4) is 0 Å². The highest BCUT2D eigenvalue weighted by Crippen LogP contribution is 2.14. The standard InChI is InChI=1S/C17H16IN3O3S/c1-13-5-7-17(8-6-13)25(22,23)24-10-9-15-12-21(20-19-15)16-4-2-3-14(18)11-16/h2-8,11-12H,9-10H2,1H3. The van der Waals surface area contributed by atoms with Gasteiger partial charge in [0.25, 0.3) is 10.1 Å². The van der Waals surface area contributed by atoms with Crippen LogP contribution in [-0.4, -0.2) is 30.0 Å². The molecule has 0 radical (unpaired) electrons. The molecule has 1 aromatic heterocycles. The monoisotopic (exact) mass is 469 g/mol. The molecular formula is C17H16IN3O3S. The molecule has 130 valence electrons. The topological polar surface area (TPSA) is 74.1 Å². The predicted molar refractivity (Wildman–Crippen MR) is 102 cm³/mol. The summed E-state index contributed by atoms with van der Waals surface area (Å²) < 4.78 is 32.1. The maximum atomic E-state index is 12.1. The Labute approximate surface area is 160 Å². The number of benzene rings is 2. The summed E-state index contributed by atoms with van der Waals surface area (Å²) in [6.45, 7) is 1.91. The SMILES string of the molecule is Cc1ccc(S(=O)(=O)OCCc2cn(-c3cccc(I)c3)nn2)cc1. The van der Waals surface area contributed by atoms with Crippen molar-refractivity contribution < 1.29 is 12.6 Å². The van der Waals surface area contributed by atoms with E-state index in [1.165, 1.54) is 12.1 Å². The van der Waals surface area contributed by atoms with Crippen LogP contribution in [0.4, 0.5) is 0 Å². The summed E-state index contributed by atoms with van der Waals surface area (Å²) in [6, 6.07) is 14.4.